The van der Waals surface area contributed by atoms with Crippen molar-refractivity contribution in [2.75, 3.05) is 0 Å². The fourth-order valence-corrected chi connectivity index (χ4v) is 1.19. The lowest BCUT2D eigenvalue weighted by Crippen LogP contribution is -1.90. The first-order valence-electron chi connectivity index (χ1n) is 3.15. The van der Waals surface area contributed by atoms with Crippen LogP contribution >= 0.6 is 15.9 Å². The second kappa shape index (κ2) is 3.63. The average Bonchev–Trinajstić information content (AvgIpc) is 2.00. The number of hydrogen-bond acceptors (Lipinski definition) is 1. The maximum atomic E-state index is 12.8. The van der Waals surface area contributed by atoms with Crippen molar-refractivity contribution < 1.29 is 8.78 Å². The van der Waals surface area contributed by atoms with Gasteiger partial charge < -0.3 is 0 Å². The molecule has 0 spiro atoms. The van der Waals surface area contributed by atoms with E-state index in [2.05, 4.69) is 15.9 Å². The third kappa shape index (κ3) is 1.80. The number of benzene rings is 1. The van der Waals surface area contributed by atoms with Gasteiger partial charge in [-0.2, -0.15) is 5.26 Å². The van der Waals surface area contributed by atoms with Gasteiger partial charge in [0.15, 0.2) is 0 Å². The highest BCUT2D eigenvalue weighted by molar-refractivity contribution is 9.10. The second-order valence-corrected chi connectivity index (χ2v) is 2.99. The van der Waals surface area contributed by atoms with Crippen molar-refractivity contribution in [3.8, 4) is 6.07 Å². The Morgan fingerprint density at radius 3 is 2.67 bits per heavy atom. The van der Waals surface area contributed by atoms with Crippen molar-refractivity contribution in [3.63, 3.8) is 0 Å². The minimum atomic E-state index is -0.680. The smallest absolute Gasteiger partial charge is 0.140 e. The molecule has 0 aliphatic rings. The van der Waals surface area contributed by atoms with E-state index in [0.29, 0.717) is 5.56 Å². The van der Waals surface area contributed by atoms with Gasteiger partial charge in [-0.15, -0.1) is 0 Å². The molecule has 0 heterocycles. The van der Waals surface area contributed by atoms with Crippen molar-refractivity contribution in [1.82, 2.24) is 0 Å². The molecular formula is C8H4BrF2N. The van der Waals surface area contributed by atoms with E-state index in [4.69, 9.17) is 5.26 Å². The minimum Gasteiger partial charge on any atom is -0.207 e. The fourth-order valence-electron chi connectivity index (χ4n) is 0.823. The number of rotatable bonds is 1. The summed E-state index contributed by atoms with van der Waals surface area (Å²) in [6, 6.07) is 3.72. The Bertz CT molecular complexity index is 344. The number of hydrogen-bond donors (Lipinski definition) is 0. The molecule has 1 nitrogen and oxygen atoms in total. The van der Waals surface area contributed by atoms with Crippen LogP contribution in [0, 0.1) is 23.0 Å². The highest BCUT2D eigenvalue weighted by atomic mass is 79.9. The molecule has 1 rings (SSSR count). The predicted octanol–water partition coefficient (Wildman–Crippen LogP) is 2.79. The third-order valence-corrected chi connectivity index (χ3v) is 2.23. The van der Waals surface area contributed by atoms with Crippen LogP contribution in [-0.4, -0.2) is 0 Å². The molecular weight excluding hydrogens is 228 g/mol. The molecule has 0 aliphatic carbocycles. The summed E-state index contributed by atoms with van der Waals surface area (Å²) < 4.78 is 25.5. The Hall–Kier alpha value is -0.950. The molecule has 0 saturated heterocycles. The van der Waals surface area contributed by atoms with Crippen LogP contribution in [0.1, 0.15) is 5.56 Å². The van der Waals surface area contributed by atoms with E-state index in [9.17, 15) is 8.78 Å². The molecule has 0 saturated carbocycles. The summed E-state index contributed by atoms with van der Waals surface area (Å²) in [7, 11) is 0. The summed E-state index contributed by atoms with van der Waals surface area (Å²) in [5, 5.41) is 8.31. The second-order valence-electron chi connectivity index (χ2n) is 2.20. The Morgan fingerprint density at radius 1 is 1.42 bits per heavy atom. The van der Waals surface area contributed by atoms with E-state index in [1.807, 2.05) is 6.07 Å². The number of nitriles is 1. The summed E-state index contributed by atoms with van der Waals surface area (Å²) >= 11 is 2.92. The largest absolute Gasteiger partial charge is 0.207 e. The van der Waals surface area contributed by atoms with Gasteiger partial charge in [0, 0.05) is 6.07 Å². The first-order chi connectivity index (χ1) is 5.65. The standard InChI is InChI=1S/C8H4BrF2N/c9-8-5(1-2-12)3-6(10)4-7(8)11/h3-4H,1H2. The van der Waals surface area contributed by atoms with E-state index in [0.717, 1.165) is 12.1 Å². The Balaban J connectivity index is 3.20. The van der Waals surface area contributed by atoms with Gasteiger partial charge in [-0.05, 0) is 27.6 Å². The normalized spacial score (nSPS) is 9.50. The van der Waals surface area contributed by atoms with Crippen LogP contribution < -0.4 is 0 Å². The first-order valence-corrected chi connectivity index (χ1v) is 3.95. The van der Waals surface area contributed by atoms with Gasteiger partial charge in [-0.3, -0.25) is 0 Å². The zero-order valence-electron chi connectivity index (χ0n) is 5.94. The van der Waals surface area contributed by atoms with E-state index in [1.165, 1.54) is 0 Å². The molecule has 0 radical (unpaired) electrons. The van der Waals surface area contributed by atoms with Crippen LogP contribution in [0.2, 0.25) is 0 Å². The summed E-state index contributed by atoms with van der Waals surface area (Å²) in [5.74, 6) is -1.35. The Morgan fingerprint density at radius 2 is 2.08 bits per heavy atom. The van der Waals surface area contributed by atoms with E-state index in [-0.39, 0.29) is 10.9 Å². The van der Waals surface area contributed by atoms with Gasteiger partial charge in [0.05, 0.1) is 17.0 Å². The predicted molar refractivity (Wildman–Crippen MR) is 43.4 cm³/mol. The zero-order chi connectivity index (χ0) is 9.14. The van der Waals surface area contributed by atoms with Crippen molar-refractivity contribution >= 4 is 15.9 Å². The quantitative estimate of drug-likeness (QED) is 0.683. The lowest BCUT2D eigenvalue weighted by atomic mass is 10.1. The molecule has 0 bridgehead atoms. The van der Waals surface area contributed by atoms with Crippen molar-refractivity contribution in [3.05, 3.63) is 33.8 Å². The lowest BCUT2D eigenvalue weighted by molar-refractivity contribution is 0.576. The molecule has 0 amide bonds. The van der Waals surface area contributed by atoms with Crippen LogP contribution in [-0.2, 0) is 6.42 Å². The zero-order valence-corrected chi connectivity index (χ0v) is 7.53. The van der Waals surface area contributed by atoms with Gasteiger partial charge in [0.1, 0.15) is 11.6 Å². The van der Waals surface area contributed by atoms with Crippen LogP contribution in [0.4, 0.5) is 8.78 Å². The van der Waals surface area contributed by atoms with E-state index in [1.54, 1.807) is 0 Å². The summed E-state index contributed by atoms with van der Waals surface area (Å²) in [6.07, 6.45) is -0.00470. The summed E-state index contributed by atoms with van der Waals surface area (Å²) in [4.78, 5) is 0. The maximum Gasteiger partial charge on any atom is 0.140 e. The molecule has 62 valence electrons. The van der Waals surface area contributed by atoms with Crippen LogP contribution in [0.5, 0.6) is 0 Å². The number of nitrogens with zero attached hydrogens (tertiary/aromatic N) is 1. The Kier molecular flexibility index (Phi) is 2.77. The Labute approximate surface area is 76.8 Å². The lowest BCUT2D eigenvalue weighted by Gasteiger charge is -2.00. The molecule has 0 unspecified atom stereocenters. The topological polar surface area (TPSA) is 23.8 Å². The van der Waals surface area contributed by atoms with Crippen LogP contribution in [0.15, 0.2) is 16.6 Å². The SMILES string of the molecule is N#CCc1cc(F)cc(F)c1Br. The molecule has 0 N–H and O–H groups in total. The molecule has 0 aliphatic heterocycles. The monoisotopic (exact) mass is 231 g/mol. The van der Waals surface area contributed by atoms with Crippen molar-refractivity contribution in [1.29, 1.82) is 5.26 Å². The molecule has 1 aromatic rings. The van der Waals surface area contributed by atoms with Crippen LogP contribution in [0.25, 0.3) is 0 Å². The van der Waals surface area contributed by atoms with Crippen LogP contribution in [0.3, 0.4) is 0 Å². The van der Waals surface area contributed by atoms with Gasteiger partial charge in [-0.1, -0.05) is 0 Å². The molecule has 4 heteroatoms. The highest BCUT2D eigenvalue weighted by Crippen LogP contribution is 2.22. The molecule has 0 aromatic heterocycles. The third-order valence-electron chi connectivity index (χ3n) is 1.34. The fraction of sp³-hybridized carbons (Fsp3) is 0.125. The average molecular weight is 232 g/mol. The van der Waals surface area contributed by atoms with Crippen molar-refractivity contribution in [2.24, 2.45) is 0 Å². The minimum absolute atomic E-state index is 0.00470. The van der Waals surface area contributed by atoms with Gasteiger partial charge in [0.25, 0.3) is 0 Å². The maximum absolute atomic E-state index is 12.8. The molecule has 1 aromatic carbocycles. The first kappa shape index (κ1) is 9.14. The van der Waals surface area contributed by atoms with Gasteiger partial charge in [-0.25, -0.2) is 8.78 Å². The van der Waals surface area contributed by atoms with Gasteiger partial charge >= 0.3 is 0 Å². The molecule has 0 atom stereocenters. The summed E-state index contributed by atoms with van der Waals surface area (Å²) in [6.45, 7) is 0. The highest BCUT2D eigenvalue weighted by Gasteiger charge is 2.07. The van der Waals surface area contributed by atoms with E-state index < -0.39 is 11.6 Å². The summed E-state index contributed by atoms with van der Waals surface area (Å²) in [5.41, 5.74) is 0.329. The van der Waals surface area contributed by atoms with Crippen molar-refractivity contribution in [2.45, 2.75) is 6.42 Å². The molecule has 12 heavy (non-hydrogen) atoms. The number of halogens is 3. The van der Waals surface area contributed by atoms with Gasteiger partial charge in [0.2, 0.25) is 0 Å². The molecule has 0 fully saturated rings. The van der Waals surface area contributed by atoms with E-state index >= 15 is 0 Å².